The third-order valence-corrected chi connectivity index (χ3v) is 4.13. The van der Waals surface area contributed by atoms with Crippen LogP contribution < -0.4 is 5.32 Å². The van der Waals surface area contributed by atoms with Crippen molar-refractivity contribution < 1.29 is 4.79 Å². The van der Waals surface area contributed by atoms with Gasteiger partial charge in [-0.2, -0.15) is 0 Å². The molecule has 100 valence electrons. The molecule has 0 radical (unpaired) electrons. The molecule has 1 fully saturated rings. The van der Waals surface area contributed by atoms with Gasteiger partial charge in [-0.1, -0.05) is 13.3 Å². The van der Waals surface area contributed by atoms with Gasteiger partial charge in [-0.25, -0.2) is 0 Å². The van der Waals surface area contributed by atoms with Crippen molar-refractivity contribution in [3.63, 3.8) is 0 Å². The maximum Gasteiger partial charge on any atom is 0.236 e. The molecule has 1 N–H and O–H groups in total. The summed E-state index contributed by atoms with van der Waals surface area (Å²) < 4.78 is 0. The van der Waals surface area contributed by atoms with Crippen LogP contribution in [-0.4, -0.2) is 36.5 Å². The van der Waals surface area contributed by atoms with E-state index in [9.17, 15) is 4.79 Å². The molecule has 0 aromatic rings. The lowest BCUT2D eigenvalue weighted by atomic mass is 9.84. The molecule has 1 amide bonds. The van der Waals surface area contributed by atoms with E-state index in [2.05, 4.69) is 12.2 Å². The summed E-state index contributed by atoms with van der Waals surface area (Å²) in [7, 11) is 1.88. The average Bonchev–Trinajstić information content (AvgIpc) is 2.35. The Morgan fingerprint density at radius 1 is 1.29 bits per heavy atom. The summed E-state index contributed by atoms with van der Waals surface area (Å²) in [5.74, 6) is 1.12. The Kier molecular flexibility index (Phi) is 5.96. The highest BCUT2D eigenvalue weighted by molar-refractivity contribution is 5.78. The number of nitrogens with zero attached hydrogens (tertiary/aromatic N) is 1. The van der Waals surface area contributed by atoms with E-state index in [1.807, 2.05) is 25.8 Å². The molecule has 3 nitrogen and oxygen atoms in total. The molecule has 17 heavy (non-hydrogen) atoms. The van der Waals surface area contributed by atoms with Crippen LogP contribution in [0.4, 0.5) is 0 Å². The highest BCUT2D eigenvalue weighted by Gasteiger charge is 2.20. The summed E-state index contributed by atoms with van der Waals surface area (Å²) in [6.07, 6.45) is 6.42. The molecule has 0 aliphatic heterocycles. The van der Waals surface area contributed by atoms with E-state index < -0.39 is 0 Å². The van der Waals surface area contributed by atoms with Crippen molar-refractivity contribution in [2.45, 2.75) is 65.0 Å². The van der Waals surface area contributed by atoms with Crippen LogP contribution in [0.15, 0.2) is 0 Å². The van der Waals surface area contributed by atoms with Crippen LogP contribution in [0.3, 0.4) is 0 Å². The first-order valence-electron chi connectivity index (χ1n) is 7.03. The van der Waals surface area contributed by atoms with Gasteiger partial charge in [0, 0.05) is 19.1 Å². The van der Waals surface area contributed by atoms with Crippen molar-refractivity contribution in [1.29, 1.82) is 0 Å². The van der Waals surface area contributed by atoms with Gasteiger partial charge in [0.2, 0.25) is 5.91 Å². The minimum absolute atomic E-state index is 0.206. The van der Waals surface area contributed by atoms with Crippen LogP contribution in [0.25, 0.3) is 0 Å². The van der Waals surface area contributed by atoms with E-state index in [0.717, 1.165) is 5.92 Å². The first kappa shape index (κ1) is 14.5. The maximum absolute atomic E-state index is 11.8. The predicted molar refractivity (Wildman–Crippen MR) is 71.9 cm³/mol. The van der Waals surface area contributed by atoms with E-state index in [4.69, 9.17) is 0 Å². The molecule has 0 aromatic carbocycles. The zero-order valence-electron chi connectivity index (χ0n) is 11.8. The second kappa shape index (κ2) is 7.00. The third-order valence-electron chi connectivity index (χ3n) is 4.13. The van der Waals surface area contributed by atoms with Crippen molar-refractivity contribution in [2.24, 2.45) is 5.92 Å². The maximum atomic E-state index is 11.8. The highest BCUT2D eigenvalue weighted by atomic mass is 16.2. The number of nitrogens with one attached hydrogen (secondary N) is 1. The van der Waals surface area contributed by atoms with E-state index in [1.54, 1.807) is 0 Å². The zero-order valence-corrected chi connectivity index (χ0v) is 11.8. The topological polar surface area (TPSA) is 32.3 Å². The van der Waals surface area contributed by atoms with Gasteiger partial charge in [-0.05, 0) is 45.4 Å². The monoisotopic (exact) mass is 240 g/mol. The third kappa shape index (κ3) is 4.66. The van der Waals surface area contributed by atoms with E-state index in [1.165, 1.54) is 32.1 Å². The van der Waals surface area contributed by atoms with Gasteiger partial charge >= 0.3 is 0 Å². The van der Waals surface area contributed by atoms with Crippen molar-refractivity contribution in [3.8, 4) is 0 Å². The molecule has 1 aliphatic carbocycles. The summed E-state index contributed by atoms with van der Waals surface area (Å²) in [6, 6.07) is 0.849. The van der Waals surface area contributed by atoms with Gasteiger partial charge in [0.1, 0.15) is 0 Å². The number of carbonyl (C=O) groups is 1. The standard InChI is InChI=1S/C14H28N2O/c1-5-12-6-8-13(9-7-12)15-10-14(17)16(4)11(2)3/h11-13,15H,5-10H2,1-4H3. The van der Waals surface area contributed by atoms with Crippen LogP contribution in [0, 0.1) is 5.92 Å². The highest BCUT2D eigenvalue weighted by Crippen LogP contribution is 2.26. The van der Waals surface area contributed by atoms with E-state index in [-0.39, 0.29) is 5.91 Å². The fourth-order valence-electron chi connectivity index (χ4n) is 2.42. The number of amides is 1. The zero-order chi connectivity index (χ0) is 12.8. The lowest BCUT2D eigenvalue weighted by Gasteiger charge is -2.29. The summed E-state index contributed by atoms with van der Waals surface area (Å²) in [5.41, 5.74) is 0. The molecule has 0 unspecified atom stereocenters. The molecule has 0 atom stereocenters. The number of hydrogen-bond acceptors (Lipinski definition) is 2. The molecular weight excluding hydrogens is 212 g/mol. The second-order valence-corrected chi connectivity index (χ2v) is 5.61. The van der Waals surface area contributed by atoms with Crippen molar-refractivity contribution in [1.82, 2.24) is 10.2 Å². The Bertz CT molecular complexity index is 232. The summed E-state index contributed by atoms with van der Waals surface area (Å²) in [4.78, 5) is 13.6. The fourth-order valence-corrected chi connectivity index (χ4v) is 2.42. The molecule has 0 saturated heterocycles. The normalized spacial score (nSPS) is 25.0. The van der Waals surface area contributed by atoms with Gasteiger partial charge in [-0.3, -0.25) is 4.79 Å². The van der Waals surface area contributed by atoms with Crippen molar-refractivity contribution in [3.05, 3.63) is 0 Å². The minimum Gasteiger partial charge on any atom is -0.342 e. The Labute approximate surface area is 106 Å². The van der Waals surface area contributed by atoms with E-state index >= 15 is 0 Å². The van der Waals surface area contributed by atoms with Crippen LogP contribution in [0.2, 0.25) is 0 Å². The molecular formula is C14H28N2O. The first-order valence-corrected chi connectivity index (χ1v) is 7.03. The lowest BCUT2D eigenvalue weighted by molar-refractivity contribution is -0.130. The van der Waals surface area contributed by atoms with Gasteiger partial charge in [0.15, 0.2) is 0 Å². The van der Waals surface area contributed by atoms with Gasteiger partial charge in [-0.15, -0.1) is 0 Å². The molecule has 0 spiro atoms. The molecule has 1 aliphatic rings. The Balaban J connectivity index is 2.21. The predicted octanol–water partition coefficient (Wildman–Crippen LogP) is 2.41. The average molecular weight is 240 g/mol. The van der Waals surface area contributed by atoms with Crippen molar-refractivity contribution >= 4 is 5.91 Å². The van der Waals surface area contributed by atoms with Crippen molar-refractivity contribution in [2.75, 3.05) is 13.6 Å². The minimum atomic E-state index is 0.206. The molecule has 0 heterocycles. The molecule has 1 rings (SSSR count). The number of rotatable bonds is 5. The smallest absolute Gasteiger partial charge is 0.236 e. The van der Waals surface area contributed by atoms with Crippen LogP contribution in [0.1, 0.15) is 52.9 Å². The van der Waals surface area contributed by atoms with Gasteiger partial charge in [0.05, 0.1) is 6.54 Å². The molecule has 0 bridgehead atoms. The van der Waals surface area contributed by atoms with Crippen LogP contribution in [0.5, 0.6) is 0 Å². The number of hydrogen-bond donors (Lipinski definition) is 1. The van der Waals surface area contributed by atoms with Crippen LogP contribution >= 0.6 is 0 Å². The summed E-state index contributed by atoms with van der Waals surface area (Å²) in [6.45, 7) is 6.87. The fraction of sp³-hybridized carbons (Fsp3) is 0.929. The Hall–Kier alpha value is -0.570. The molecule has 3 heteroatoms. The van der Waals surface area contributed by atoms with Crippen LogP contribution in [-0.2, 0) is 4.79 Å². The SMILES string of the molecule is CCC1CCC(NCC(=O)N(C)C(C)C)CC1. The summed E-state index contributed by atoms with van der Waals surface area (Å²) in [5, 5.41) is 3.41. The molecule has 0 aromatic heterocycles. The second-order valence-electron chi connectivity index (χ2n) is 5.61. The first-order chi connectivity index (χ1) is 8.04. The Morgan fingerprint density at radius 2 is 1.88 bits per heavy atom. The van der Waals surface area contributed by atoms with E-state index in [0.29, 0.717) is 18.6 Å². The van der Waals surface area contributed by atoms with Gasteiger partial charge in [0.25, 0.3) is 0 Å². The Morgan fingerprint density at radius 3 is 2.35 bits per heavy atom. The largest absolute Gasteiger partial charge is 0.342 e. The van der Waals surface area contributed by atoms with Gasteiger partial charge < -0.3 is 10.2 Å². The number of carbonyl (C=O) groups excluding carboxylic acids is 1. The number of likely N-dealkylation sites (N-methyl/N-ethyl adjacent to an activating group) is 1. The molecule has 1 saturated carbocycles. The quantitative estimate of drug-likeness (QED) is 0.800. The lowest BCUT2D eigenvalue weighted by Crippen LogP contribution is -2.43. The summed E-state index contributed by atoms with van der Waals surface area (Å²) >= 11 is 0.